The van der Waals surface area contributed by atoms with E-state index >= 15 is 0 Å². The maximum Gasteiger partial charge on any atom is 0.163 e. The molecule has 0 aromatic carbocycles. The highest BCUT2D eigenvalue weighted by Crippen LogP contribution is 2.27. The SMILES string of the molecule is CC1CC(O)(O)CCC1=O. The lowest BCUT2D eigenvalue weighted by molar-refractivity contribution is -0.191. The molecule has 1 saturated carbocycles. The van der Waals surface area contributed by atoms with Gasteiger partial charge in [0.15, 0.2) is 5.79 Å². The summed E-state index contributed by atoms with van der Waals surface area (Å²) in [5.74, 6) is -1.64. The molecule has 1 aliphatic carbocycles. The Hall–Kier alpha value is -0.410. The summed E-state index contributed by atoms with van der Waals surface area (Å²) in [7, 11) is 0. The van der Waals surface area contributed by atoms with E-state index < -0.39 is 5.79 Å². The zero-order valence-electron chi connectivity index (χ0n) is 6.00. The molecule has 0 aromatic rings. The molecule has 3 nitrogen and oxygen atoms in total. The van der Waals surface area contributed by atoms with Crippen LogP contribution in [0, 0.1) is 5.92 Å². The molecule has 0 bridgehead atoms. The molecule has 58 valence electrons. The fourth-order valence-corrected chi connectivity index (χ4v) is 1.28. The minimum absolute atomic E-state index is 0.138. The van der Waals surface area contributed by atoms with Gasteiger partial charge in [0.05, 0.1) is 0 Å². The molecule has 0 aliphatic heterocycles. The van der Waals surface area contributed by atoms with Gasteiger partial charge in [-0.3, -0.25) is 4.79 Å². The second kappa shape index (κ2) is 2.32. The number of hydrogen-bond donors (Lipinski definition) is 2. The van der Waals surface area contributed by atoms with E-state index in [1.807, 2.05) is 0 Å². The summed E-state index contributed by atoms with van der Waals surface area (Å²) in [6.45, 7) is 1.72. The third-order valence-corrected chi connectivity index (χ3v) is 1.95. The number of carbonyl (C=O) groups excluding carboxylic acids is 1. The van der Waals surface area contributed by atoms with Gasteiger partial charge < -0.3 is 10.2 Å². The molecule has 0 heterocycles. The quantitative estimate of drug-likeness (QED) is 0.472. The van der Waals surface area contributed by atoms with Crippen LogP contribution in [-0.4, -0.2) is 21.8 Å². The predicted molar refractivity (Wildman–Crippen MR) is 35.2 cm³/mol. The standard InChI is InChI=1S/C7H12O3/c1-5-4-7(9,10)3-2-6(5)8/h5,9-10H,2-4H2,1H3. The van der Waals surface area contributed by atoms with Crippen LogP contribution in [0.2, 0.25) is 0 Å². The summed E-state index contributed by atoms with van der Waals surface area (Å²) < 4.78 is 0. The molecule has 1 rings (SSSR count). The molecule has 1 aliphatic rings. The highest BCUT2D eigenvalue weighted by Gasteiger charge is 2.34. The number of hydrogen-bond acceptors (Lipinski definition) is 3. The van der Waals surface area contributed by atoms with Crippen LogP contribution in [0.4, 0.5) is 0 Å². The fourth-order valence-electron chi connectivity index (χ4n) is 1.28. The van der Waals surface area contributed by atoms with Crippen LogP contribution in [0.3, 0.4) is 0 Å². The van der Waals surface area contributed by atoms with E-state index in [4.69, 9.17) is 10.2 Å². The van der Waals surface area contributed by atoms with Crippen LogP contribution in [0.1, 0.15) is 26.2 Å². The normalized spacial score (nSPS) is 32.3. The van der Waals surface area contributed by atoms with Crippen LogP contribution in [0.5, 0.6) is 0 Å². The molecule has 1 fully saturated rings. The lowest BCUT2D eigenvalue weighted by Crippen LogP contribution is -2.38. The van der Waals surface area contributed by atoms with Crippen molar-refractivity contribution in [1.82, 2.24) is 0 Å². The van der Waals surface area contributed by atoms with E-state index in [9.17, 15) is 4.79 Å². The Kier molecular flexibility index (Phi) is 1.79. The van der Waals surface area contributed by atoms with E-state index in [1.165, 1.54) is 0 Å². The number of aliphatic hydroxyl groups is 2. The minimum Gasteiger partial charge on any atom is -0.366 e. The van der Waals surface area contributed by atoms with Gasteiger partial charge in [-0.05, 0) is 0 Å². The summed E-state index contributed by atoms with van der Waals surface area (Å²) in [4.78, 5) is 10.9. The van der Waals surface area contributed by atoms with Crippen LogP contribution in [0.25, 0.3) is 0 Å². The lowest BCUT2D eigenvalue weighted by Gasteiger charge is -2.29. The molecular weight excluding hydrogens is 132 g/mol. The molecule has 0 spiro atoms. The Morgan fingerprint density at radius 1 is 1.60 bits per heavy atom. The molecule has 0 amide bonds. The van der Waals surface area contributed by atoms with Crippen molar-refractivity contribution >= 4 is 5.78 Å². The van der Waals surface area contributed by atoms with Gasteiger partial charge in [0, 0.05) is 25.2 Å². The molecular formula is C7H12O3. The second-order valence-electron chi connectivity index (χ2n) is 3.05. The van der Waals surface area contributed by atoms with Gasteiger partial charge in [0.25, 0.3) is 0 Å². The van der Waals surface area contributed by atoms with Crippen molar-refractivity contribution in [1.29, 1.82) is 0 Å². The summed E-state index contributed by atoms with van der Waals surface area (Å²) in [6.07, 6.45) is 0.677. The maximum absolute atomic E-state index is 10.9. The van der Waals surface area contributed by atoms with E-state index in [1.54, 1.807) is 6.92 Å². The minimum atomic E-state index is -1.59. The largest absolute Gasteiger partial charge is 0.366 e. The van der Waals surface area contributed by atoms with Gasteiger partial charge in [-0.1, -0.05) is 6.92 Å². The van der Waals surface area contributed by atoms with Crippen LogP contribution >= 0.6 is 0 Å². The molecule has 0 aromatic heterocycles. The Morgan fingerprint density at radius 2 is 2.20 bits per heavy atom. The van der Waals surface area contributed by atoms with Crippen LogP contribution < -0.4 is 0 Å². The molecule has 0 radical (unpaired) electrons. The van der Waals surface area contributed by atoms with Gasteiger partial charge in [-0.15, -0.1) is 0 Å². The summed E-state index contributed by atoms with van der Waals surface area (Å²) >= 11 is 0. The van der Waals surface area contributed by atoms with Crippen molar-refractivity contribution in [3.8, 4) is 0 Å². The Labute approximate surface area is 59.7 Å². The van der Waals surface area contributed by atoms with E-state index in [2.05, 4.69) is 0 Å². The number of rotatable bonds is 0. The number of ketones is 1. The first-order valence-electron chi connectivity index (χ1n) is 3.49. The first kappa shape index (κ1) is 7.69. The van der Waals surface area contributed by atoms with E-state index in [0.29, 0.717) is 6.42 Å². The van der Waals surface area contributed by atoms with Gasteiger partial charge in [0.2, 0.25) is 0 Å². The van der Waals surface area contributed by atoms with Gasteiger partial charge in [-0.25, -0.2) is 0 Å². The fraction of sp³-hybridized carbons (Fsp3) is 0.857. The Bertz CT molecular complexity index is 151. The highest BCUT2D eigenvalue weighted by atomic mass is 16.5. The monoisotopic (exact) mass is 144 g/mol. The van der Waals surface area contributed by atoms with E-state index in [-0.39, 0.29) is 24.5 Å². The van der Waals surface area contributed by atoms with Gasteiger partial charge in [-0.2, -0.15) is 0 Å². The third-order valence-electron chi connectivity index (χ3n) is 1.95. The van der Waals surface area contributed by atoms with Crippen LogP contribution in [0.15, 0.2) is 0 Å². The van der Waals surface area contributed by atoms with Crippen molar-refractivity contribution in [3.05, 3.63) is 0 Å². The van der Waals surface area contributed by atoms with Crippen LogP contribution in [-0.2, 0) is 4.79 Å². The van der Waals surface area contributed by atoms with Crippen molar-refractivity contribution in [2.45, 2.75) is 32.0 Å². The summed E-state index contributed by atoms with van der Waals surface area (Å²) in [5, 5.41) is 18.1. The average molecular weight is 144 g/mol. The van der Waals surface area contributed by atoms with E-state index in [0.717, 1.165) is 0 Å². The van der Waals surface area contributed by atoms with Crippen molar-refractivity contribution < 1.29 is 15.0 Å². The topological polar surface area (TPSA) is 57.5 Å². The smallest absolute Gasteiger partial charge is 0.163 e. The average Bonchev–Trinajstić information content (AvgIpc) is 1.79. The predicted octanol–water partition coefficient (Wildman–Crippen LogP) is 0.0564. The van der Waals surface area contributed by atoms with Gasteiger partial charge >= 0.3 is 0 Å². The van der Waals surface area contributed by atoms with Crippen molar-refractivity contribution in [3.63, 3.8) is 0 Å². The highest BCUT2D eigenvalue weighted by molar-refractivity contribution is 5.81. The zero-order chi connectivity index (χ0) is 7.78. The molecule has 3 heteroatoms. The maximum atomic E-state index is 10.9. The second-order valence-corrected chi connectivity index (χ2v) is 3.05. The third kappa shape index (κ3) is 1.55. The summed E-state index contributed by atoms with van der Waals surface area (Å²) in [5.41, 5.74) is 0. The molecule has 1 unspecified atom stereocenters. The van der Waals surface area contributed by atoms with Gasteiger partial charge in [0.1, 0.15) is 5.78 Å². The first-order chi connectivity index (χ1) is 4.51. The Morgan fingerprint density at radius 3 is 2.60 bits per heavy atom. The number of Topliss-reactive ketones (excluding diaryl/α,β-unsaturated/α-hetero) is 1. The molecule has 1 atom stereocenters. The summed E-state index contributed by atoms with van der Waals surface area (Å²) in [6, 6.07) is 0. The zero-order valence-corrected chi connectivity index (χ0v) is 6.00. The number of carbonyl (C=O) groups is 1. The first-order valence-corrected chi connectivity index (χ1v) is 3.49. The van der Waals surface area contributed by atoms with Crippen molar-refractivity contribution in [2.24, 2.45) is 5.92 Å². The molecule has 2 N–H and O–H groups in total. The Balaban J connectivity index is 2.57. The molecule has 10 heavy (non-hydrogen) atoms. The van der Waals surface area contributed by atoms with Crippen molar-refractivity contribution in [2.75, 3.05) is 0 Å². The molecule has 0 saturated heterocycles. The lowest BCUT2D eigenvalue weighted by atomic mass is 9.85.